The number of aromatic nitrogens is 1. The number of ether oxygens (including phenoxy) is 1. The standard InChI is InChI=1S/C21H28N4O2/c26-21(23-9-12-24-13-15-27-16-14-24)17-6-10-25(11-7-17)20-5-8-22-19-4-2-1-3-18(19)20/h1-5,8,17H,6-7,9-16H2,(H,23,26). The van der Waals surface area contributed by atoms with Gasteiger partial charge in [0.2, 0.25) is 5.91 Å². The monoisotopic (exact) mass is 368 g/mol. The van der Waals surface area contributed by atoms with Crippen LogP contribution in [0.4, 0.5) is 5.69 Å². The average molecular weight is 368 g/mol. The van der Waals surface area contributed by atoms with Crippen LogP contribution in [0.5, 0.6) is 0 Å². The number of hydrogen-bond donors (Lipinski definition) is 1. The highest BCUT2D eigenvalue weighted by molar-refractivity contribution is 5.91. The highest BCUT2D eigenvalue weighted by Crippen LogP contribution is 2.29. The van der Waals surface area contributed by atoms with Crippen LogP contribution in [0.25, 0.3) is 10.9 Å². The van der Waals surface area contributed by atoms with E-state index in [0.29, 0.717) is 0 Å². The number of amides is 1. The number of morpholine rings is 1. The van der Waals surface area contributed by atoms with Gasteiger partial charge in [0.1, 0.15) is 0 Å². The summed E-state index contributed by atoms with van der Waals surface area (Å²) in [5.74, 6) is 0.335. The first-order chi connectivity index (χ1) is 13.3. The summed E-state index contributed by atoms with van der Waals surface area (Å²) in [5, 5.41) is 4.32. The van der Waals surface area contributed by atoms with E-state index in [0.717, 1.165) is 70.8 Å². The van der Waals surface area contributed by atoms with E-state index in [1.807, 2.05) is 18.3 Å². The second kappa shape index (κ2) is 8.67. The summed E-state index contributed by atoms with van der Waals surface area (Å²) < 4.78 is 5.36. The fourth-order valence-electron chi connectivity index (χ4n) is 4.05. The lowest BCUT2D eigenvalue weighted by molar-refractivity contribution is -0.125. The van der Waals surface area contributed by atoms with Crippen molar-refractivity contribution in [2.24, 2.45) is 5.92 Å². The minimum absolute atomic E-state index is 0.124. The first kappa shape index (κ1) is 18.2. The van der Waals surface area contributed by atoms with Gasteiger partial charge in [0.05, 0.1) is 18.7 Å². The quantitative estimate of drug-likeness (QED) is 0.874. The fraction of sp³-hybridized carbons (Fsp3) is 0.524. The second-order valence-corrected chi connectivity index (χ2v) is 7.35. The Bertz CT molecular complexity index is 762. The number of nitrogens with one attached hydrogen (secondary N) is 1. The molecular weight excluding hydrogens is 340 g/mol. The number of anilines is 1. The third-order valence-corrected chi connectivity index (χ3v) is 5.66. The third-order valence-electron chi connectivity index (χ3n) is 5.66. The van der Waals surface area contributed by atoms with Crippen molar-refractivity contribution in [2.45, 2.75) is 12.8 Å². The molecule has 2 saturated heterocycles. The van der Waals surface area contributed by atoms with Gasteiger partial charge in [0.25, 0.3) is 0 Å². The van der Waals surface area contributed by atoms with E-state index in [1.54, 1.807) is 0 Å². The lowest BCUT2D eigenvalue weighted by Gasteiger charge is -2.33. The topological polar surface area (TPSA) is 57.7 Å². The second-order valence-electron chi connectivity index (χ2n) is 7.35. The van der Waals surface area contributed by atoms with Crippen LogP contribution in [-0.4, -0.2) is 68.3 Å². The van der Waals surface area contributed by atoms with Gasteiger partial charge in [-0.2, -0.15) is 0 Å². The van der Waals surface area contributed by atoms with Crippen LogP contribution in [0, 0.1) is 5.92 Å². The molecule has 6 nitrogen and oxygen atoms in total. The Kier molecular flexibility index (Phi) is 5.84. The Morgan fingerprint density at radius 1 is 1.11 bits per heavy atom. The van der Waals surface area contributed by atoms with Crippen molar-refractivity contribution in [1.29, 1.82) is 0 Å². The molecule has 0 radical (unpaired) electrons. The summed E-state index contributed by atoms with van der Waals surface area (Å²) in [6, 6.07) is 10.3. The summed E-state index contributed by atoms with van der Waals surface area (Å²) in [5.41, 5.74) is 2.25. The Balaban J connectivity index is 1.27. The predicted molar refractivity (Wildman–Crippen MR) is 107 cm³/mol. The molecule has 0 spiro atoms. The van der Waals surface area contributed by atoms with E-state index in [2.05, 4.69) is 38.3 Å². The van der Waals surface area contributed by atoms with Crippen LogP contribution in [0.3, 0.4) is 0 Å². The van der Waals surface area contributed by atoms with Gasteiger partial charge in [-0.05, 0) is 25.0 Å². The normalized spacial score (nSPS) is 19.3. The number of hydrogen-bond acceptors (Lipinski definition) is 5. The van der Waals surface area contributed by atoms with Crippen LogP contribution in [-0.2, 0) is 9.53 Å². The van der Waals surface area contributed by atoms with Crippen LogP contribution >= 0.6 is 0 Å². The zero-order valence-electron chi connectivity index (χ0n) is 15.8. The summed E-state index contributed by atoms with van der Waals surface area (Å²) in [4.78, 5) is 21.7. The predicted octanol–water partition coefficient (Wildman–Crippen LogP) is 1.90. The smallest absolute Gasteiger partial charge is 0.223 e. The Morgan fingerprint density at radius 3 is 2.70 bits per heavy atom. The van der Waals surface area contributed by atoms with Gasteiger partial charge >= 0.3 is 0 Å². The number of carbonyl (C=O) groups excluding carboxylic acids is 1. The molecule has 144 valence electrons. The van der Waals surface area contributed by atoms with E-state index in [-0.39, 0.29) is 11.8 Å². The molecule has 0 bridgehead atoms. The number of para-hydroxylation sites is 1. The Hall–Kier alpha value is -2.18. The summed E-state index contributed by atoms with van der Waals surface area (Å²) >= 11 is 0. The van der Waals surface area contributed by atoms with Gasteiger partial charge in [-0.3, -0.25) is 14.7 Å². The van der Waals surface area contributed by atoms with E-state index in [4.69, 9.17) is 4.74 Å². The maximum absolute atomic E-state index is 12.5. The molecule has 1 amide bonds. The molecule has 2 aromatic rings. The number of rotatable bonds is 5. The Morgan fingerprint density at radius 2 is 1.89 bits per heavy atom. The minimum Gasteiger partial charge on any atom is -0.379 e. The molecule has 0 aliphatic carbocycles. The molecule has 3 heterocycles. The van der Waals surface area contributed by atoms with Crippen molar-refractivity contribution in [1.82, 2.24) is 15.2 Å². The van der Waals surface area contributed by atoms with Crippen LogP contribution in [0.15, 0.2) is 36.5 Å². The minimum atomic E-state index is 0.124. The number of carbonyl (C=O) groups is 1. The third kappa shape index (κ3) is 4.39. The maximum Gasteiger partial charge on any atom is 0.223 e. The van der Waals surface area contributed by atoms with E-state index < -0.39 is 0 Å². The van der Waals surface area contributed by atoms with E-state index >= 15 is 0 Å². The van der Waals surface area contributed by atoms with Gasteiger partial charge in [0.15, 0.2) is 0 Å². The summed E-state index contributed by atoms with van der Waals surface area (Å²) in [6.07, 6.45) is 3.68. The molecule has 2 fully saturated rings. The summed E-state index contributed by atoms with van der Waals surface area (Å²) in [6.45, 7) is 7.00. The highest BCUT2D eigenvalue weighted by Gasteiger charge is 2.25. The van der Waals surface area contributed by atoms with Gasteiger partial charge in [0, 0.05) is 62.5 Å². The molecule has 1 aromatic carbocycles. The number of pyridine rings is 1. The van der Waals surface area contributed by atoms with Gasteiger partial charge < -0.3 is 15.0 Å². The number of fused-ring (bicyclic) bond motifs is 1. The summed E-state index contributed by atoms with van der Waals surface area (Å²) in [7, 11) is 0. The molecule has 6 heteroatoms. The molecule has 0 unspecified atom stereocenters. The van der Waals surface area contributed by atoms with E-state index in [1.165, 1.54) is 11.1 Å². The molecule has 27 heavy (non-hydrogen) atoms. The van der Waals surface area contributed by atoms with Gasteiger partial charge in [-0.1, -0.05) is 18.2 Å². The lowest BCUT2D eigenvalue weighted by atomic mass is 9.95. The largest absolute Gasteiger partial charge is 0.379 e. The molecule has 2 aliphatic heterocycles. The Labute approximate surface area is 160 Å². The highest BCUT2D eigenvalue weighted by atomic mass is 16.5. The van der Waals surface area contributed by atoms with Crippen LogP contribution in [0.1, 0.15) is 12.8 Å². The molecule has 0 saturated carbocycles. The van der Waals surface area contributed by atoms with Gasteiger partial charge in [-0.15, -0.1) is 0 Å². The van der Waals surface area contributed by atoms with Gasteiger partial charge in [-0.25, -0.2) is 0 Å². The maximum atomic E-state index is 12.5. The van der Waals surface area contributed by atoms with Crippen molar-refractivity contribution < 1.29 is 9.53 Å². The molecule has 1 N–H and O–H groups in total. The number of nitrogens with zero attached hydrogens (tertiary/aromatic N) is 3. The molecule has 1 aromatic heterocycles. The van der Waals surface area contributed by atoms with E-state index in [9.17, 15) is 4.79 Å². The average Bonchev–Trinajstić information content (AvgIpc) is 2.74. The zero-order valence-corrected chi connectivity index (χ0v) is 15.8. The van der Waals surface area contributed by atoms with Crippen LogP contribution in [0.2, 0.25) is 0 Å². The lowest BCUT2D eigenvalue weighted by Crippen LogP contribution is -2.44. The molecule has 0 atom stereocenters. The van der Waals surface area contributed by atoms with Crippen molar-refractivity contribution in [3.05, 3.63) is 36.5 Å². The number of piperidine rings is 1. The first-order valence-corrected chi connectivity index (χ1v) is 9.98. The SMILES string of the molecule is O=C(NCCN1CCOCC1)C1CCN(c2ccnc3ccccc23)CC1. The molecule has 4 rings (SSSR count). The first-order valence-electron chi connectivity index (χ1n) is 9.98. The van der Waals surface area contributed by atoms with Crippen molar-refractivity contribution >= 4 is 22.5 Å². The molecule has 2 aliphatic rings. The number of benzene rings is 1. The zero-order chi connectivity index (χ0) is 18.5. The fourth-order valence-corrected chi connectivity index (χ4v) is 4.05. The molecular formula is C21H28N4O2. The van der Waals surface area contributed by atoms with Crippen molar-refractivity contribution in [2.75, 3.05) is 57.4 Å². The van der Waals surface area contributed by atoms with Crippen LogP contribution < -0.4 is 10.2 Å². The van der Waals surface area contributed by atoms with Crippen molar-refractivity contribution in [3.63, 3.8) is 0 Å². The van der Waals surface area contributed by atoms with Crippen molar-refractivity contribution in [3.8, 4) is 0 Å².